The molecule has 3 aliphatic carbocycles. The van der Waals surface area contributed by atoms with Gasteiger partial charge in [0.2, 0.25) is 0 Å². The fourth-order valence-corrected chi connectivity index (χ4v) is 3.22. The number of fused-ring (bicyclic) bond motifs is 2. The molecule has 3 heteroatoms. The van der Waals surface area contributed by atoms with Gasteiger partial charge < -0.3 is 5.73 Å². The lowest BCUT2D eigenvalue weighted by Crippen LogP contribution is -2.25. The van der Waals surface area contributed by atoms with Crippen LogP contribution in [0.25, 0.3) is 0 Å². The summed E-state index contributed by atoms with van der Waals surface area (Å²) in [6, 6.07) is 0. The van der Waals surface area contributed by atoms with E-state index in [2.05, 4.69) is 58.0 Å². The Morgan fingerprint density at radius 3 is 2.94 bits per heavy atom. The van der Waals surface area contributed by atoms with E-state index in [9.17, 15) is 0 Å². The van der Waals surface area contributed by atoms with Crippen LogP contribution in [-0.2, 0) is 0 Å². The highest BCUT2D eigenvalue weighted by Gasteiger charge is 2.32. The Morgan fingerprint density at radius 2 is 2.11 bits per heavy atom. The quantitative estimate of drug-likeness (QED) is 0.569. The van der Waals surface area contributed by atoms with Gasteiger partial charge >= 0.3 is 0 Å². The number of aliphatic imine (C=N–C) groups is 1. The smallest absolute Gasteiger partial charge is 0.0721 e. The van der Waals surface area contributed by atoms with E-state index in [-0.39, 0.29) is 0 Å². The number of rotatable bonds is 1. The Kier molecular flexibility index (Phi) is 3.24. The van der Waals surface area contributed by atoms with E-state index in [4.69, 9.17) is 5.73 Å². The minimum atomic E-state index is 0.303. The molecule has 0 bridgehead atoms. The van der Waals surface area contributed by atoms with E-state index in [1.165, 1.54) is 11.1 Å². The van der Waals surface area contributed by atoms with Gasteiger partial charge in [0, 0.05) is 11.8 Å². The van der Waals surface area contributed by atoms with Crippen molar-refractivity contribution in [2.24, 2.45) is 22.6 Å². The van der Waals surface area contributed by atoms with Crippen LogP contribution in [0, 0.1) is 11.8 Å². The maximum Gasteiger partial charge on any atom is 0.0721 e. The number of nitrogens with zero attached hydrogens (tertiary/aromatic N) is 1. The van der Waals surface area contributed by atoms with Crippen LogP contribution < -0.4 is 5.73 Å². The van der Waals surface area contributed by atoms with Gasteiger partial charge in [0.15, 0.2) is 0 Å². The van der Waals surface area contributed by atoms with Crippen LogP contribution in [0.4, 0.5) is 0 Å². The molecule has 18 heavy (non-hydrogen) atoms. The maximum atomic E-state index is 6.10. The second-order valence-electron chi connectivity index (χ2n) is 4.76. The van der Waals surface area contributed by atoms with Gasteiger partial charge in [-0.1, -0.05) is 30.4 Å². The van der Waals surface area contributed by atoms with Crippen molar-refractivity contribution in [2.45, 2.75) is 12.8 Å². The van der Waals surface area contributed by atoms with E-state index in [1.807, 2.05) is 6.08 Å². The summed E-state index contributed by atoms with van der Waals surface area (Å²) in [5.41, 5.74) is 10.8. The summed E-state index contributed by atoms with van der Waals surface area (Å²) in [5.74, 6) is 0.700. The summed E-state index contributed by atoms with van der Waals surface area (Å²) in [6.07, 6.45) is 15.5. The minimum absolute atomic E-state index is 0.303. The first-order valence-electron chi connectivity index (χ1n) is 6.19. The standard InChI is InChI=1S/C15H15IN2/c16-9-18-15-13(17)8-7-11-6-5-10-3-1-2-4-12(10)14(11)15/h2,4-9,11,14H,1,3,17H2. The van der Waals surface area contributed by atoms with Crippen molar-refractivity contribution >= 4 is 26.8 Å². The lowest BCUT2D eigenvalue weighted by atomic mass is 9.72. The molecule has 0 aromatic heterocycles. The van der Waals surface area contributed by atoms with E-state index in [0.29, 0.717) is 11.8 Å². The fraction of sp³-hybridized carbons (Fsp3) is 0.267. The van der Waals surface area contributed by atoms with Crippen LogP contribution in [0.5, 0.6) is 0 Å². The molecule has 0 amide bonds. The number of allylic oxidation sites excluding steroid dienone is 8. The van der Waals surface area contributed by atoms with Gasteiger partial charge in [-0.15, -0.1) is 0 Å². The monoisotopic (exact) mass is 350 g/mol. The molecule has 0 aliphatic heterocycles. The van der Waals surface area contributed by atoms with Crippen LogP contribution in [-0.4, -0.2) is 4.22 Å². The molecular weight excluding hydrogens is 335 g/mol. The van der Waals surface area contributed by atoms with Crippen molar-refractivity contribution in [3.05, 3.63) is 59.0 Å². The summed E-state index contributed by atoms with van der Waals surface area (Å²) in [7, 11) is 0. The van der Waals surface area contributed by atoms with Gasteiger partial charge in [0.05, 0.1) is 15.6 Å². The Morgan fingerprint density at radius 1 is 1.28 bits per heavy atom. The molecule has 0 heterocycles. The minimum Gasteiger partial charge on any atom is -0.397 e. The number of halogens is 1. The Balaban J connectivity index is 2.10. The van der Waals surface area contributed by atoms with E-state index < -0.39 is 0 Å². The number of nitrogens with two attached hydrogens (primary N) is 1. The third kappa shape index (κ3) is 1.90. The van der Waals surface area contributed by atoms with E-state index in [1.54, 1.807) is 4.22 Å². The molecule has 3 rings (SSSR count). The zero-order valence-electron chi connectivity index (χ0n) is 10.0. The predicted molar refractivity (Wildman–Crippen MR) is 84.4 cm³/mol. The molecule has 0 fully saturated rings. The lowest BCUT2D eigenvalue weighted by molar-refractivity contribution is 0.576. The van der Waals surface area contributed by atoms with Crippen LogP contribution >= 0.6 is 22.6 Å². The van der Waals surface area contributed by atoms with Crippen molar-refractivity contribution in [3.63, 3.8) is 0 Å². The molecule has 2 atom stereocenters. The molecule has 0 aromatic rings. The Bertz CT molecular complexity index is 543. The second kappa shape index (κ2) is 4.88. The Labute approximate surface area is 121 Å². The fourth-order valence-electron chi connectivity index (χ4n) is 2.92. The second-order valence-corrected chi connectivity index (χ2v) is 5.32. The molecule has 92 valence electrons. The maximum absolute atomic E-state index is 6.10. The molecule has 2 N–H and O–H groups in total. The van der Waals surface area contributed by atoms with Gasteiger partial charge in [-0.25, -0.2) is 0 Å². The zero-order chi connectivity index (χ0) is 12.5. The molecule has 0 radical (unpaired) electrons. The number of hydrogen-bond acceptors (Lipinski definition) is 2. The molecule has 0 aromatic carbocycles. The highest BCUT2D eigenvalue weighted by atomic mass is 127. The summed E-state index contributed by atoms with van der Waals surface area (Å²) in [4.78, 5) is 4.50. The van der Waals surface area contributed by atoms with Gasteiger partial charge in [0.1, 0.15) is 0 Å². The molecule has 3 aliphatic rings. The van der Waals surface area contributed by atoms with Crippen LogP contribution in [0.15, 0.2) is 64.0 Å². The highest BCUT2D eigenvalue weighted by Crippen LogP contribution is 2.43. The van der Waals surface area contributed by atoms with Crippen LogP contribution in [0.1, 0.15) is 12.8 Å². The molecular formula is C15H15IN2. The molecule has 2 unspecified atom stereocenters. The average Bonchev–Trinajstić information content (AvgIpc) is 2.41. The highest BCUT2D eigenvalue weighted by molar-refractivity contribution is 14.1. The summed E-state index contributed by atoms with van der Waals surface area (Å²) >= 11 is 2.15. The van der Waals surface area contributed by atoms with Crippen molar-refractivity contribution < 1.29 is 0 Å². The number of hydrogen-bond donors (Lipinski definition) is 1. The van der Waals surface area contributed by atoms with Crippen molar-refractivity contribution in [1.29, 1.82) is 0 Å². The van der Waals surface area contributed by atoms with Crippen LogP contribution in [0.3, 0.4) is 0 Å². The summed E-state index contributed by atoms with van der Waals surface area (Å²) < 4.78 is 1.81. The van der Waals surface area contributed by atoms with Gasteiger partial charge in [-0.3, -0.25) is 4.99 Å². The summed E-state index contributed by atoms with van der Waals surface area (Å²) in [5, 5.41) is 0. The largest absolute Gasteiger partial charge is 0.397 e. The van der Waals surface area contributed by atoms with Crippen molar-refractivity contribution in [1.82, 2.24) is 0 Å². The first kappa shape index (κ1) is 12.0. The topological polar surface area (TPSA) is 38.4 Å². The molecule has 0 saturated carbocycles. The Hall–Kier alpha value is -1.10. The first-order valence-corrected chi connectivity index (χ1v) is 7.44. The van der Waals surface area contributed by atoms with Crippen molar-refractivity contribution in [3.8, 4) is 0 Å². The van der Waals surface area contributed by atoms with E-state index in [0.717, 1.165) is 24.2 Å². The van der Waals surface area contributed by atoms with Crippen LogP contribution in [0.2, 0.25) is 0 Å². The first-order chi connectivity index (χ1) is 8.81. The normalized spacial score (nSPS) is 30.1. The molecule has 2 nitrogen and oxygen atoms in total. The van der Waals surface area contributed by atoms with Crippen molar-refractivity contribution in [2.75, 3.05) is 0 Å². The third-order valence-electron chi connectivity index (χ3n) is 3.76. The SMILES string of the molecule is NC1=C(N=CI)C2C3=C(C=CC2C=C1)CCC=C3. The van der Waals surface area contributed by atoms with E-state index >= 15 is 0 Å². The predicted octanol–water partition coefficient (Wildman–Crippen LogP) is 3.64. The third-order valence-corrected chi connectivity index (χ3v) is 4.04. The summed E-state index contributed by atoms with van der Waals surface area (Å²) in [6.45, 7) is 0. The molecule has 0 saturated heterocycles. The average molecular weight is 350 g/mol. The molecule has 0 spiro atoms. The lowest BCUT2D eigenvalue weighted by Gasteiger charge is -2.33. The van der Waals surface area contributed by atoms with Gasteiger partial charge in [-0.2, -0.15) is 0 Å². The van der Waals surface area contributed by atoms with Gasteiger partial charge in [0.25, 0.3) is 0 Å². The zero-order valence-corrected chi connectivity index (χ0v) is 12.2. The van der Waals surface area contributed by atoms with Gasteiger partial charge in [-0.05, 0) is 52.7 Å².